The molecule has 0 bridgehead atoms. The number of rotatable bonds is 5. The van der Waals surface area contributed by atoms with Crippen molar-refractivity contribution in [1.29, 1.82) is 0 Å². The van der Waals surface area contributed by atoms with Crippen molar-refractivity contribution in [3.8, 4) is 0 Å². The van der Waals surface area contributed by atoms with Crippen molar-refractivity contribution in [2.75, 3.05) is 12.4 Å². The molecule has 2 aromatic heterocycles. The molecule has 0 aliphatic rings. The molecule has 0 aliphatic heterocycles. The number of nitrogens with one attached hydrogen (secondary N) is 1. The Morgan fingerprint density at radius 2 is 2.00 bits per heavy atom. The average Bonchev–Trinajstić information content (AvgIpc) is 3.26. The molecule has 25 heavy (non-hydrogen) atoms. The van der Waals surface area contributed by atoms with E-state index in [2.05, 4.69) is 5.32 Å². The molecule has 0 saturated carbocycles. The predicted octanol–water partition coefficient (Wildman–Crippen LogP) is 4.17. The van der Waals surface area contributed by atoms with Gasteiger partial charge < -0.3 is 14.6 Å². The van der Waals surface area contributed by atoms with Crippen LogP contribution in [0.25, 0.3) is 0 Å². The van der Waals surface area contributed by atoms with E-state index in [-0.39, 0.29) is 11.8 Å². The summed E-state index contributed by atoms with van der Waals surface area (Å²) in [5, 5.41) is 4.66. The summed E-state index contributed by atoms with van der Waals surface area (Å²) in [5.41, 5.74) is 1.10. The highest BCUT2D eigenvalue weighted by Crippen LogP contribution is 2.17. The lowest BCUT2D eigenvalue weighted by Crippen LogP contribution is -2.26. The molecule has 0 saturated heterocycles. The van der Waals surface area contributed by atoms with E-state index in [4.69, 9.17) is 4.42 Å². The van der Waals surface area contributed by atoms with Crippen molar-refractivity contribution < 1.29 is 14.0 Å². The van der Waals surface area contributed by atoms with Crippen LogP contribution in [0.1, 0.15) is 31.6 Å². The second kappa shape index (κ2) is 7.36. The van der Waals surface area contributed by atoms with Crippen molar-refractivity contribution in [2.45, 2.75) is 13.5 Å². The molecule has 128 valence electrons. The zero-order valence-electron chi connectivity index (χ0n) is 14.0. The highest BCUT2D eigenvalue weighted by atomic mass is 32.1. The summed E-state index contributed by atoms with van der Waals surface area (Å²) >= 11 is 1.37. The topological polar surface area (TPSA) is 62.6 Å². The van der Waals surface area contributed by atoms with Gasteiger partial charge in [-0.3, -0.25) is 9.59 Å². The maximum atomic E-state index is 12.6. The van der Waals surface area contributed by atoms with Crippen molar-refractivity contribution in [1.82, 2.24) is 4.90 Å². The molecule has 1 N–H and O–H groups in total. The molecule has 0 fully saturated rings. The van der Waals surface area contributed by atoms with Gasteiger partial charge in [0, 0.05) is 18.3 Å². The Kier molecular flexibility index (Phi) is 5.00. The lowest BCUT2D eigenvalue weighted by Gasteiger charge is -2.16. The Morgan fingerprint density at radius 1 is 1.16 bits per heavy atom. The third-order valence-corrected chi connectivity index (χ3v) is 4.52. The summed E-state index contributed by atoms with van der Waals surface area (Å²) in [6.45, 7) is 2.25. The zero-order chi connectivity index (χ0) is 17.8. The van der Waals surface area contributed by atoms with Crippen LogP contribution in [0, 0.1) is 6.92 Å². The Bertz CT molecular complexity index is 884. The van der Waals surface area contributed by atoms with E-state index in [1.807, 2.05) is 30.5 Å². The van der Waals surface area contributed by atoms with Gasteiger partial charge >= 0.3 is 0 Å². The van der Waals surface area contributed by atoms with E-state index in [9.17, 15) is 9.59 Å². The number of amides is 2. The summed E-state index contributed by atoms with van der Waals surface area (Å²) in [6, 6.07) is 14.2. The maximum Gasteiger partial charge on any atom is 0.265 e. The summed E-state index contributed by atoms with van der Waals surface area (Å²) in [5.74, 6) is 1.23. The van der Waals surface area contributed by atoms with Gasteiger partial charge in [0.15, 0.2) is 0 Å². The van der Waals surface area contributed by atoms with Crippen LogP contribution in [0.2, 0.25) is 0 Å². The fraction of sp³-hybridized carbons (Fsp3) is 0.158. The lowest BCUT2D eigenvalue weighted by atomic mass is 10.1. The number of anilines is 1. The van der Waals surface area contributed by atoms with Crippen molar-refractivity contribution >= 4 is 28.8 Å². The molecule has 0 radical (unpaired) electrons. The molecule has 2 heterocycles. The minimum atomic E-state index is -0.181. The number of carbonyl (C=O) groups is 2. The van der Waals surface area contributed by atoms with Crippen molar-refractivity contribution in [2.24, 2.45) is 0 Å². The molecule has 0 aliphatic carbocycles. The number of hydrogen-bond acceptors (Lipinski definition) is 4. The molecule has 1 aromatic carbocycles. The predicted molar refractivity (Wildman–Crippen MR) is 98.0 cm³/mol. The Morgan fingerprint density at radius 3 is 2.68 bits per heavy atom. The zero-order valence-corrected chi connectivity index (χ0v) is 14.8. The molecule has 3 rings (SSSR count). The van der Waals surface area contributed by atoms with E-state index in [1.165, 1.54) is 11.3 Å². The van der Waals surface area contributed by atoms with Gasteiger partial charge in [-0.25, -0.2) is 0 Å². The summed E-state index contributed by atoms with van der Waals surface area (Å²) in [7, 11) is 1.72. The molecule has 0 spiro atoms. The van der Waals surface area contributed by atoms with E-state index >= 15 is 0 Å². The van der Waals surface area contributed by atoms with Crippen molar-refractivity contribution in [3.63, 3.8) is 0 Å². The van der Waals surface area contributed by atoms with Crippen LogP contribution >= 0.6 is 11.3 Å². The van der Waals surface area contributed by atoms with Crippen LogP contribution in [0.5, 0.6) is 0 Å². The van der Waals surface area contributed by atoms with Crippen LogP contribution < -0.4 is 5.32 Å². The fourth-order valence-electron chi connectivity index (χ4n) is 2.43. The first-order valence-corrected chi connectivity index (χ1v) is 8.66. The van der Waals surface area contributed by atoms with Crippen molar-refractivity contribution in [3.05, 3.63) is 75.9 Å². The average molecular weight is 354 g/mol. The summed E-state index contributed by atoms with van der Waals surface area (Å²) in [6.07, 6.45) is 0. The SMILES string of the molecule is Cc1ccc(CN(C)C(=O)c2cccc(NC(=O)c3cccs3)c2)o1. The summed E-state index contributed by atoms with van der Waals surface area (Å²) < 4.78 is 5.51. The molecule has 3 aromatic rings. The van der Waals surface area contributed by atoms with Crippen LogP contribution in [-0.4, -0.2) is 23.8 Å². The number of carbonyl (C=O) groups excluding carboxylic acids is 2. The number of nitrogens with zero attached hydrogens (tertiary/aromatic N) is 1. The number of hydrogen-bond donors (Lipinski definition) is 1. The first-order chi connectivity index (χ1) is 12.0. The lowest BCUT2D eigenvalue weighted by molar-refractivity contribution is 0.0774. The minimum Gasteiger partial charge on any atom is -0.464 e. The van der Waals surface area contributed by atoms with E-state index in [0.29, 0.717) is 22.7 Å². The first-order valence-electron chi connectivity index (χ1n) is 7.78. The smallest absolute Gasteiger partial charge is 0.265 e. The minimum absolute atomic E-state index is 0.138. The van der Waals surface area contributed by atoms with Gasteiger partial charge in [0.1, 0.15) is 11.5 Å². The van der Waals surface area contributed by atoms with Gasteiger partial charge in [0.05, 0.1) is 11.4 Å². The third kappa shape index (κ3) is 4.16. The normalized spacial score (nSPS) is 10.5. The molecule has 5 nitrogen and oxygen atoms in total. The second-order valence-electron chi connectivity index (χ2n) is 5.69. The molecule has 0 atom stereocenters. The van der Waals surface area contributed by atoms with Gasteiger partial charge in [-0.1, -0.05) is 12.1 Å². The Balaban J connectivity index is 1.69. The number of furan rings is 1. The van der Waals surface area contributed by atoms with Gasteiger partial charge in [0.25, 0.3) is 11.8 Å². The second-order valence-corrected chi connectivity index (χ2v) is 6.63. The standard InChI is InChI=1S/C19H18N2O3S/c1-13-8-9-16(24-13)12-21(2)19(23)14-5-3-6-15(11-14)20-18(22)17-7-4-10-25-17/h3-11H,12H2,1-2H3,(H,20,22). The fourth-order valence-corrected chi connectivity index (χ4v) is 3.05. The number of benzene rings is 1. The monoisotopic (exact) mass is 354 g/mol. The molecular formula is C19H18N2O3S. The van der Waals surface area contributed by atoms with Crippen LogP contribution in [0.3, 0.4) is 0 Å². The Labute approximate surface area is 149 Å². The van der Waals surface area contributed by atoms with Gasteiger partial charge in [0.2, 0.25) is 0 Å². The van der Waals surface area contributed by atoms with Crippen LogP contribution in [0.4, 0.5) is 5.69 Å². The van der Waals surface area contributed by atoms with E-state index < -0.39 is 0 Å². The molecule has 6 heteroatoms. The molecule has 0 unspecified atom stereocenters. The number of thiophene rings is 1. The summed E-state index contributed by atoms with van der Waals surface area (Å²) in [4.78, 5) is 26.9. The highest BCUT2D eigenvalue weighted by molar-refractivity contribution is 7.12. The molecular weight excluding hydrogens is 336 g/mol. The maximum absolute atomic E-state index is 12.6. The molecule has 2 amide bonds. The van der Waals surface area contributed by atoms with Gasteiger partial charge in [-0.15, -0.1) is 11.3 Å². The highest BCUT2D eigenvalue weighted by Gasteiger charge is 2.15. The van der Waals surface area contributed by atoms with Gasteiger partial charge in [-0.2, -0.15) is 0 Å². The van der Waals surface area contributed by atoms with Crippen LogP contribution in [0.15, 0.2) is 58.3 Å². The van der Waals surface area contributed by atoms with Gasteiger partial charge in [-0.05, 0) is 48.7 Å². The number of aryl methyl sites for hydroxylation is 1. The quantitative estimate of drug-likeness (QED) is 0.748. The third-order valence-electron chi connectivity index (χ3n) is 3.65. The van der Waals surface area contributed by atoms with E-state index in [0.717, 1.165) is 11.5 Å². The first kappa shape index (κ1) is 17.0. The Hall–Kier alpha value is -2.86. The largest absolute Gasteiger partial charge is 0.464 e. The van der Waals surface area contributed by atoms with Crippen LogP contribution in [-0.2, 0) is 6.54 Å². The van der Waals surface area contributed by atoms with E-state index in [1.54, 1.807) is 42.3 Å².